The predicted octanol–water partition coefficient (Wildman–Crippen LogP) is 2.58. The van der Waals surface area contributed by atoms with Gasteiger partial charge in [0.25, 0.3) is 5.91 Å². The summed E-state index contributed by atoms with van der Waals surface area (Å²) in [6, 6.07) is 5.75. The van der Waals surface area contributed by atoms with Crippen LogP contribution in [0.25, 0.3) is 10.9 Å². The molecule has 5 heteroatoms. The lowest BCUT2D eigenvalue weighted by Crippen LogP contribution is -2.47. The number of amides is 1. The molecule has 2 aromatic rings. The summed E-state index contributed by atoms with van der Waals surface area (Å²) in [5.41, 5.74) is 0.825. The molecule has 1 aromatic heterocycles. The van der Waals surface area contributed by atoms with Crippen LogP contribution in [0.5, 0.6) is 0 Å². The number of rotatable bonds is 3. The number of nitrogens with one attached hydrogen (secondary N) is 2. The molecule has 0 spiro atoms. The standard InChI is InChI=1S/C14H15BrN2O2/c15-10-3-1-4-11-12(10)9(7-16-11)13(18)17-8-14(19)5-2-6-14/h1,3-4,7,16,19H,2,5-6,8H2,(H,17,18). The summed E-state index contributed by atoms with van der Waals surface area (Å²) >= 11 is 3.46. The van der Waals surface area contributed by atoms with Crippen LogP contribution >= 0.6 is 15.9 Å². The summed E-state index contributed by atoms with van der Waals surface area (Å²) in [6.07, 6.45) is 4.27. The number of benzene rings is 1. The van der Waals surface area contributed by atoms with E-state index < -0.39 is 5.60 Å². The highest BCUT2D eigenvalue weighted by molar-refractivity contribution is 9.10. The lowest BCUT2D eigenvalue weighted by molar-refractivity contribution is -0.0300. The zero-order valence-corrected chi connectivity index (χ0v) is 12.0. The van der Waals surface area contributed by atoms with E-state index in [9.17, 15) is 9.90 Å². The maximum Gasteiger partial charge on any atom is 0.253 e. The Kier molecular flexibility index (Phi) is 3.11. The van der Waals surface area contributed by atoms with Crippen molar-refractivity contribution in [2.24, 2.45) is 0 Å². The Morgan fingerprint density at radius 2 is 2.26 bits per heavy atom. The summed E-state index contributed by atoms with van der Waals surface area (Å²) in [5.74, 6) is -0.154. The molecule has 1 amide bonds. The zero-order valence-electron chi connectivity index (χ0n) is 10.4. The lowest BCUT2D eigenvalue weighted by atomic mass is 9.80. The number of halogens is 1. The van der Waals surface area contributed by atoms with Gasteiger partial charge in [0.2, 0.25) is 0 Å². The molecule has 1 fully saturated rings. The van der Waals surface area contributed by atoms with E-state index in [0.29, 0.717) is 12.1 Å². The average molecular weight is 323 g/mol. The molecule has 1 saturated carbocycles. The lowest BCUT2D eigenvalue weighted by Gasteiger charge is -2.36. The first-order valence-electron chi connectivity index (χ1n) is 6.35. The molecule has 3 N–H and O–H groups in total. The minimum Gasteiger partial charge on any atom is -0.388 e. The van der Waals surface area contributed by atoms with Gasteiger partial charge in [0.15, 0.2) is 0 Å². The number of fused-ring (bicyclic) bond motifs is 1. The molecule has 0 unspecified atom stereocenters. The molecule has 1 aliphatic rings. The van der Waals surface area contributed by atoms with Crippen molar-refractivity contribution in [3.63, 3.8) is 0 Å². The normalized spacial score (nSPS) is 17.2. The fourth-order valence-corrected chi connectivity index (χ4v) is 3.00. The molecule has 0 radical (unpaired) electrons. The van der Waals surface area contributed by atoms with Gasteiger partial charge >= 0.3 is 0 Å². The number of H-pyrrole nitrogens is 1. The highest BCUT2D eigenvalue weighted by Gasteiger charge is 2.34. The van der Waals surface area contributed by atoms with Crippen LogP contribution in [0.15, 0.2) is 28.9 Å². The Labute approximate surface area is 119 Å². The van der Waals surface area contributed by atoms with E-state index in [1.54, 1.807) is 6.20 Å². The first-order valence-corrected chi connectivity index (χ1v) is 7.15. The second-order valence-electron chi connectivity index (χ2n) is 5.13. The molecule has 19 heavy (non-hydrogen) atoms. The number of aliphatic hydroxyl groups is 1. The topological polar surface area (TPSA) is 65.1 Å². The molecule has 3 rings (SSSR count). The number of carbonyl (C=O) groups excluding carboxylic acids is 1. The van der Waals surface area contributed by atoms with E-state index in [0.717, 1.165) is 34.6 Å². The number of carbonyl (C=O) groups is 1. The van der Waals surface area contributed by atoms with Crippen LogP contribution in [-0.4, -0.2) is 28.1 Å². The monoisotopic (exact) mass is 322 g/mol. The SMILES string of the molecule is O=C(NCC1(O)CCC1)c1c[nH]c2cccc(Br)c12. The smallest absolute Gasteiger partial charge is 0.253 e. The Morgan fingerprint density at radius 3 is 2.95 bits per heavy atom. The summed E-state index contributed by atoms with van der Waals surface area (Å²) in [6.45, 7) is 0.322. The highest BCUT2D eigenvalue weighted by atomic mass is 79.9. The van der Waals surface area contributed by atoms with E-state index >= 15 is 0 Å². The first-order chi connectivity index (χ1) is 9.09. The van der Waals surface area contributed by atoms with Crippen molar-refractivity contribution in [2.75, 3.05) is 6.54 Å². The van der Waals surface area contributed by atoms with Crippen molar-refractivity contribution >= 4 is 32.7 Å². The number of aromatic amines is 1. The summed E-state index contributed by atoms with van der Waals surface area (Å²) in [7, 11) is 0. The van der Waals surface area contributed by atoms with Crippen molar-refractivity contribution in [3.05, 3.63) is 34.4 Å². The van der Waals surface area contributed by atoms with Gasteiger partial charge in [0.1, 0.15) is 0 Å². The second kappa shape index (κ2) is 4.65. The van der Waals surface area contributed by atoms with E-state index in [1.165, 1.54) is 0 Å². The third-order valence-electron chi connectivity index (χ3n) is 3.76. The number of hydrogen-bond donors (Lipinski definition) is 3. The van der Waals surface area contributed by atoms with Gasteiger partial charge in [-0.05, 0) is 31.4 Å². The fourth-order valence-electron chi connectivity index (χ4n) is 2.42. The third-order valence-corrected chi connectivity index (χ3v) is 4.42. The van der Waals surface area contributed by atoms with Crippen molar-refractivity contribution in [2.45, 2.75) is 24.9 Å². The van der Waals surface area contributed by atoms with Crippen molar-refractivity contribution < 1.29 is 9.90 Å². The number of hydrogen-bond acceptors (Lipinski definition) is 2. The average Bonchev–Trinajstić information content (AvgIpc) is 2.79. The molecule has 1 aliphatic carbocycles. The van der Waals surface area contributed by atoms with E-state index in [2.05, 4.69) is 26.2 Å². The van der Waals surface area contributed by atoms with Gasteiger partial charge in [0.05, 0.1) is 11.2 Å². The van der Waals surface area contributed by atoms with Gasteiger partial charge in [-0.1, -0.05) is 22.0 Å². The third kappa shape index (κ3) is 2.28. The zero-order chi connectivity index (χ0) is 13.5. The van der Waals surface area contributed by atoms with E-state index in [-0.39, 0.29) is 5.91 Å². The second-order valence-corrected chi connectivity index (χ2v) is 5.98. The summed E-state index contributed by atoms with van der Waals surface area (Å²) < 4.78 is 0.888. The van der Waals surface area contributed by atoms with Crippen LogP contribution in [-0.2, 0) is 0 Å². The Morgan fingerprint density at radius 1 is 1.47 bits per heavy atom. The molecular formula is C14H15BrN2O2. The molecule has 0 bridgehead atoms. The highest BCUT2D eigenvalue weighted by Crippen LogP contribution is 2.31. The molecule has 0 aliphatic heterocycles. The molecule has 0 atom stereocenters. The van der Waals surface area contributed by atoms with Crippen LogP contribution < -0.4 is 5.32 Å². The molecular weight excluding hydrogens is 308 g/mol. The van der Waals surface area contributed by atoms with Gasteiger partial charge < -0.3 is 15.4 Å². The maximum absolute atomic E-state index is 12.2. The maximum atomic E-state index is 12.2. The van der Waals surface area contributed by atoms with Crippen molar-refractivity contribution in [1.82, 2.24) is 10.3 Å². The molecule has 1 heterocycles. The van der Waals surface area contributed by atoms with E-state index in [4.69, 9.17) is 0 Å². The quantitative estimate of drug-likeness (QED) is 0.813. The minimum absolute atomic E-state index is 0.154. The minimum atomic E-state index is -0.695. The first kappa shape index (κ1) is 12.7. The predicted molar refractivity (Wildman–Crippen MR) is 77.1 cm³/mol. The Hall–Kier alpha value is -1.33. The Balaban J connectivity index is 1.81. The van der Waals surface area contributed by atoms with Crippen molar-refractivity contribution in [1.29, 1.82) is 0 Å². The van der Waals surface area contributed by atoms with Gasteiger partial charge in [-0.25, -0.2) is 0 Å². The van der Waals surface area contributed by atoms with Gasteiger partial charge in [-0.3, -0.25) is 4.79 Å². The fraction of sp³-hybridized carbons (Fsp3) is 0.357. The van der Waals surface area contributed by atoms with Gasteiger partial charge in [0, 0.05) is 28.1 Å². The van der Waals surface area contributed by atoms with Crippen LogP contribution in [0.3, 0.4) is 0 Å². The van der Waals surface area contributed by atoms with Crippen LogP contribution in [0.2, 0.25) is 0 Å². The van der Waals surface area contributed by atoms with Crippen LogP contribution in [0.4, 0.5) is 0 Å². The van der Waals surface area contributed by atoms with E-state index in [1.807, 2.05) is 18.2 Å². The number of aromatic nitrogens is 1. The van der Waals surface area contributed by atoms with Gasteiger partial charge in [-0.15, -0.1) is 0 Å². The molecule has 4 nitrogen and oxygen atoms in total. The van der Waals surface area contributed by atoms with Gasteiger partial charge in [-0.2, -0.15) is 0 Å². The van der Waals surface area contributed by atoms with Crippen LogP contribution in [0, 0.1) is 0 Å². The van der Waals surface area contributed by atoms with Crippen LogP contribution in [0.1, 0.15) is 29.6 Å². The van der Waals surface area contributed by atoms with Crippen molar-refractivity contribution in [3.8, 4) is 0 Å². The Bertz CT molecular complexity index is 631. The molecule has 1 aromatic carbocycles. The molecule has 100 valence electrons. The summed E-state index contributed by atoms with van der Waals surface area (Å²) in [5, 5.41) is 13.7. The molecule has 0 saturated heterocycles. The summed E-state index contributed by atoms with van der Waals surface area (Å²) in [4.78, 5) is 15.3. The largest absolute Gasteiger partial charge is 0.388 e.